The molecule has 16 heavy (non-hydrogen) atoms. The van der Waals surface area contributed by atoms with Gasteiger partial charge in [0.1, 0.15) is 0 Å². The molecule has 0 aliphatic heterocycles. The van der Waals surface area contributed by atoms with Gasteiger partial charge in [-0.15, -0.1) is 0 Å². The molecule has 1 N–H and O–H groups in total. The van der Waals surface area contributed by atoms with Crippen molar-refractivity contribution >= 4 is 43.6 Å². The van der Waals surface area contributed by atoms with Gasteiger partial charge in [0.25, 0.3) is 0 Å². The molecule has 0 heterocycles. The van der Waals surface area contributed by atoms with Gasteiger partial charge in [-0.25, -0.2) is 4.79 Å². The van der Waals surface area contributed by atoms with Gasteiger partial charge in [0.2, 0.25) is 0 Å². The fourth-order valence-electron chi connectivity index (χ4n) is 0.920. The minimum absolute atomic E-state index is 0.0887. The van der Waals surface area contributed by atoms with Crippen molar-refractivity contribution in [3.63, 3.8) is 0 Å². The van der Waals surface area contributed by atoms with Gasteiger partial charge in [-0.2, -0.15) is 0 Å². The fraction of sp³-hybridized carbons (Fsp3) is 0.182. The Balaban J connectivity index is 2.40. The quantitative estimate of drug-likeness (QED) is 0.658. The minimum atomic E-state index is -0.512. The van der Waals surface area contributed by atoms with Crippen LogP contribution in [0.5, 0.6) is 0 Å². The predicted molar refractivity (Wildman–Crippen MR) is 70.7 cm³/mol. The Morgan fingerprint density at radius 2 is 2.25 bits per heavy atom. The number of amides is 1. The number of nitrogens with one attached hydrogen (secondary N) is 1. The fourth-order valence-corrected chi connectivity index (χ4v) is 1.52. The number of carbonyl (C=O) groups is 1. The highest BCUT2D eigenvalue weighted by molar-refractivity contribution is 9.10. The first kappa shape index (κ1) is 13.1. The monoisotopic (exact) mass is 345 g/mol. The van der Waals surface area contributed by atoms with E-state index in [0.717, 1.165) is 4.47 Å². The molecule has 0 aliphatic carbocycles. The second-order valence-corrected chi connectivity index (χ2v) is 4.18. The average Bonchev–Trinajstić information content (AvgIpc) is 2.24. The molecule has 0 fully saturated rings. The first-order chi connectivity index (χ1) is 7.72. The van der Waals surface area contributed by atoms with Gasteiger partial charge in [0.05, 0.1) is 5.33 Å². The molecule has 0 aromatic heterocycles. The van der Waals surface area contributed by atoms with E-state index in [1.54, 1.807) is 12.1 Å². The lowest BCUT2D eigenvalue weighted by Crippen LogP contribution is -2.13. The molecule has 1 aromatic carbocycles. The number of carbonyl (C=O) groups excluding carboxylic acids is 1. The summed E-state index contributed by atoms with van der Waals surface area (Å²) in [6.07, 6.45) is -0.512. The summed E-state index contributed by atoms with van der Waals surface area (Å²) in [7, 11) is 0. The third kappa shape index (κ3) is 5.19. The Morgan fingerprint density at radius 3 is 2.94 bits per heavy atom. The van der Waals surface area contributed by atoms with Crippen LogP contribution in [-0.2, 0) is 4.74 Å². The van der Waals surface area contributed by atoms with Crippen LogP contribution in [0.25, 0.3) is 0 Å². The SMILES string of the molecule is O=C(Nc1cccc(Br)c1)OCC#CCBr. The second kappa shape index (κ2) is 7.31. The summed E-state index contributed by atoms with van der Waals surface area (Å²) in [5, 5.41) is 3.16. The third-order valence-electron chi connectivity index (χ3n) is 1.54. The molecule has 0 saturated carbocycles. The molecule has 1 amide bonds. The van der Waals surface area contributed by atoms with Crippen LogP contribution in [0.15, 0.2) is 28.7 Å². The molecular weight excluding hydrogens is 338 g/mol. The molecule has 5 heteroatoms. The number of ether oxygens (including phenoxy) is 1. The molecule has 0 atom stereocenters. The largest absolute Gasteiger partial charge is 0.436 e. The lowest BCUT2D eigenvalue weighted by molar-refractivity contribution is 0.176. The number of benzene rings is 1. The first-order valence-electron chi connectivity index (χ1n) is 4.43. The summed E-state index contributed by atoms with van der Waals surface area (Å²) in [5.74, 6) is 5.40. The van der Waals surface area contributed by atoms with Crippen molar-refractivity contribution in [3.8, 4) is 11.8 Å². The normalized spacial score (nSPS) is 8.88. The van der Waals surface area contributed by atoms with E-state index in [1.807, 2.05) is 12.1 Å². The van der Waals surface area contributed by atoms with Gasteiger partial charge < -0.3 is 4.74 Å². The van der Waals surface area contributed by atoms with Crippen molar-refractivity contribution in [1.82, 2.24) is 0 Å². The minimum Gasteiger partial charge on any atom is -0.436 e. The number of anilines is 1. The van der Waals surface area contributed by atoms with Crippen LogP contribution in [0.4, 0.5) is 10.5 Å². The van der Waals surface area contributed by atoms with E-state index < -0.39 is 6.09 Å². The summed E-state index contributed by atoms with van der Waals surface area (Å²) in [4.78, 5) is 11.3. The van der Waals surface area contributed by atoms with Crippen LogP contribution < -0.4 is 5.32 Å². The highest BCUT2D eigenvalue weighted by Crippen LogP contribution is 2.15. The maximum atomic E-state index is 11.3. The van der Waals surface area contributed by atoms with E-state index in [1.165, 1.54) is 0 Å². The topological polar surface area (TPSA) is 38.3 Å². The molecule has 0 aliphatic rings. The number of hydrogen-bond donors (Lipinski definition) is 1. The Labute approximate surface area is 111 Å². The molecular formula is C11H9Br2NO2. The highest BCUT2D eigenvalue weighted by atomic mass is 79.9. The zero-order valence-electron chi connectivity index (χ0n) is 8.30. The van der Waals surface area contributed by atoms with Crippen LogP contribution in [0.3, 0.4) is 0 Å². The zero-order valence-corrected chi connectivity index (χ0v) is 11.5. The van der Waals surface area contributed by atoms with Crippen molar-refractivity contribution in [2.75, 3.05) is 17.3 Å². The van der Waals surface area contributed by atoms with E-state index in [0.29, 0.717) is 11.0 Å². The van der Waals surface area contributed by atoms with E-state index in [-0.39, 0.29) is 6.61 Å². The Morgan fingerprint density at radius 1 is 1.44 bits per heavy atom. The maximum Gasteiger partial charge on any atom is 0.412 e. The zero-order chi connectivity index (χ0) is 11.8. The van der Waals surface area contributed by atoms with Gasteiger partial charge >= 0.3 is 6.09 Å². The van der Waals surface area contributed by atoms with Crippen LogP contribution in [0.2, 0.25) is 0 Å². The van der Waals surface area contributed by atoms with Gasteiger partial charge in [0.15, 0.2) is 6.61 Å². The summed E-state index contributed by atoms with van der Waals surface area (Å²) in [6, 6.07) is 7.25. The number of rotatable bonds is 2. The van der Waals surface area contributed by atoms with E-state index in [2.05, 4.69) is 49.0 Å². The molecule has 3 nitrogen and oxygen atoms in total. The number of hydrogen-bond acceptors (Lipinski definition) is 2. The number of halogens is 2. The Hall–Kier alpha value is -0.990. The standard InChI is InChI=1S/C11H9Br2NO2/c12-6-1-2-7-16-11(15)14-10-5-3-4-9(13)8-10/h3-5,8H,6-7H2,(H,14,15). The van der Waals surface area contributed by atoms with Crippen molar-refractivity contribution in [2.45, 2.75) is 0 Å². The molecule has 0 saturated heterocycles. The molecule has 0 spiro atoms. The highest BCUT2D eigenvalue weighted by Gasteiger charge is 2.01. The predicted octanol–water partition coefficient (Wildman–Crippen LogP) is 3.40. The lowest BCUT2D eigenvalue weighted by Gasteiger charge is -2.04. The van der Waals surface area contributed by atoms with Crippen LogP contribution in [-0.4, -0.2) is 18.0 Å². The van der Waals surface area contributed by atoms with E-state index >= 15 is 0 Å². The summed E-state index contributed by atoms with van der Waals surface area (Å²) >= 11 is 6.45. The Bertz CT molecular complexity index is 423. The third-order valence-corrected chi connectivity index (χ3v) is 2.31. The average molecular weight is 347 g/mol. The van der Waals surface area contributed by atoms with Gasteiger partial charge in [-0.05, 0) is 18.2 Å². The second-order valence-electron chi connectivity index (χ2n) is 2.70. The summed E-state index contributed by atoms with van der Waals surface area (Å²) in [6.45, 7) is 0.0887. The van der Waals surface area contributed by atoms with E-state index in [9.17, 15) is 4.79 Å². The van der Waals surface area contributed by atoms with Crippen molar-refractivity contribution < 1.29 is 9.53 Å². The van der Waals surface area contributed by atoms with Crippen LogP contribution in [0, 0.1) is 11.8 Å². The molecule has 84 valence electrons. The van der Waals surface area contributed by atoms with Gasteiger partial charge in [0, 0.05) is 10.2 Å². The molecule has 1 rings (SSSR count). The lowest BCUT2D eigenvalue weighted by atomic mass is 10.3. The van der Waals surface area contributed by atoms with Crippen molar-refractivity contribution in [3.05, 3.63) is 28.7 Å². The summed E-state index contributed by atoms with van der Waals surface area (Å²) in [5.41, 5.74) is 0.674. The van der Waals surface area contributed by atoms with Crippen LogP contribution >= 0.6 is 31.9 Å². The van der Waals surface area contributed by atoms with Gasteiger partial charge in [-0.3, -0.25) is 5.32 Å². The molecule has 1 aromatic rings. The maximum absolute atomic E-state index is 11.3. The first-order valence-corrected chi connectivity index (χ1v) is 6.35. The molecule has 0 bridgehead atoms. The summed E-state index contributed by atoms with van der Waals surface area (Å²) < 4.78 is 5.72. The number of alkyl halides is 1. The van der Waals surface area contributed by atoms with E-state index in [4.69, 9.17) is 4.74 Å². The van der Waals surface area contributed by atoms with Crippen molar-refractivity contribution in [2.24, 2.45) is 0 Å². The van der Waals surface area contributed by atoms with Gasteiger partial charge in [-0.1, -0.05) is 49.8 Å². The smallest absolute Gasteiger partial charge is 0.412 e. The Kier molecular flexibility index (Phi) is 5.98. The van der Waals surface area contributed by atoms with Crippen molar-refractivity contribution in [1.29, 1.82) is 0 Å². The van der Waals surface area contributed by atoms with Crippen LogP contribution in [0.1, 0.15) is 0 Å². The molecule has 0 unspecified atom stereocenters. The molecule has 0 radical (unpaired) electrons.